The molecule has 0 aliphatic rings. The van der Waals surface area contributed by atoms with Gasteiger partial charge in [-0.15, -0.1) is 0 Å². The molecule has 2 aromatic rings. The first kappa shape index (κ1) is 13.1. The molecule has 0 saturated carbocycles. The summed E-state index contributed by atoms with van der Waals surface area (Å²) in [6.45, 7) is 1.43. The van der Waals surface area contributed by atoms with Crippen molar-refractivity contribution in [2.45, 2.75) is 13.1 Å². The van der Waals surface area contributed by atoms with Crippen molar-refractivity contribution in [1.82, 2.24) is 9.78 Å². The van der Waals surface area contributed by atoms with E-state index in [1.54, 1.807) is 6.07 Å². The number of nitriles is 1. The molecule has 0 saturated heterocycles. The van der Waals surface area contributed by atoms with Crippen molar-refractivity contribution >= 4 is 0 Å². The fraction of sp³-hybridized carbons (Fsp3) is 0.167. The maximum absolute atomic E-state index is 13.4. The summed E-state index contributed by atoms with van der Waals surface area (Å²) in [5.74, 6) is -0.802. The van der Waals surface area contributed by atoms with Gasteiger partial charge < -0.3 is 0 Å². The van der Waals surface area contributed by atoms with Crippen molar-refractivity contribution in [3.63, 3.8) is 0 Å². The van der Waals surface area contributed by atoms with Gasteiger partial charge in [0.05, 0.1) is 11.3 Å². The Labute approximate surface area is 105 Å². The van der Waals surface area contributed by atoms with Gasteiger partial charge in [0, 0.05) is 11.8 Å². The van der Waals surface area contributed by atoms with Crippen LogP contribution < -0.4 is 0 Å². The average Bonchev–Trinajstić information content (AvgIpc) is 2.71. The smallest absolute Gasteiger partial charge is 0.237 e. The van der Waals surface area contributed by atoms with Crippen LogP contribution in [0.25, 0.3) is 5.69 Å². The van der Waals surface area contributed by atoms with E-state index in [9.17, 15) is 17.6 Å². The maximum Gasteiger partial charge on any atom is 0.435 e. The second-order valence-corrected chi connectivity index (χ2v) is 3.86. The van der Waals surface area contributed by atoms with E-state index in [1.807, 2.05) is 0 Å². The SMILES string of the molecule is Cc1cc(C(F)(F)F)nn1-c1ccc(C#N)c(F)c1. The Morgan fingerprint density at radius 1 is 1.26 bits per heavy atom. The summed E-state index contributed by atoms with van der Waals surface area (Å²) < 4.78 is 51.9. The Balaban J connectivity index is 2.51. The topological polar surface area (TPSA) is 41.6 Å². The number of aryl methyl sites for hydroxylation is 1. The molecule has 1 heterocycles. The van der Waals surface area contributed by atoms with Gasteiger partial charge in [0.1, 0.15) is 11.9 Å². The number of alkyl halides is 3. The van der Waals surface area contributed by atoms with Crippen molar-refractivity contribution in [1.29, 1.82) is 5.26 Å². The molecule has 7 heteroatoms. The molecule has 0 amide bonds. The molecule has 1 aromatic heterocycles. The molecule has 1 aromatic carbocycles. The normalized spacial score (nSPS) is 11.4. The lowest BCUT2D eigenvalue weighted by Crippen LogP contribution is -2.07. The van der Waals surface area contributed by atoms with Crippen LogP contribution in [0.3, 0.4) is 0 Å². The zero-order valence-corrected chi connectivity index (χ0v) is 9.66. The lowest BCUT2D eigenvalue weighted by Gasteiger charge is -2.05. The molecule has 2 rings (SSSR count). The summed E-state index contributed by atoms with van der Waals surface area (Å²) in [7, 11) is 0. The summed E-state index contributed by atoms with van der Waals surface area (Å²) in [6.07, 6.45) is -4.55. The van der Waals surface area contributed by atoms with Crippen LogP contribution in [-0.4, -0.2) is 9.78 Å². The molecule has 3 nitrogen and oxygen atoms in total. The number of hydrogen-bond acceptors (Lipinski definition) is 2. The third kappa shape index (κ3) is 2.42. The molecule has 0 aliphatic heterocycles. The second-order valence-electron chi connectivity index (χ2n) is 3.86. The van der Waals surface area contributed by atoms with Gasteiger partial charge in [-0.25, -0.2) is 9.07 Å². The number of nitrogens with zero attached hydrogens (tertiary/aromatic N) is 3. The minimum absolute atomic E-state index is 0.129. The fourth-order valence-corrected chi connectivity index (χ4v) is 1.60. The predicted molar refractivity (Wildman–Crippen MR) is 58.0 cm³/mol. The van der Waals surface area contributed by atoms with E-state index in [4.69, 9.17) is 5.26 Å². The van der Waals surface area contributed by atoms with Gasteiger partial charge in [-0.05, 0) is 25.1 Å². The van der Waals surface area contributed by atoms with Gasteiger partial charge in [-0.3, -0.25) is 0 Å². The number of hydrogen-bond donors (Lipinski definition) is 0. The Kier molecular flexibility index (Phi) is 3.02. The zero-order valence-electron chi connectivity index (χ0n) is 9.66. The van der Waals surface area contributed by atoms with E-state index >= 15 is 0 Å². The third-order valence-corrected chi connectivity index (χ3v) is 2.50. The largest absolute Gasteiger partial charge is 0.435 e. The maximum atomic E-state index is 13.4. The minimum atomic E-state index is -4.55. The van der Waals surface area contributed by atoms with Gasteiger partial charge in [-0.2, -0.15) is 23.5 Å². The lowest BCUT2D eigenvalue weighted by molar-refractivity contribution is -0.141. The Bertz CT molecular complexity index is 665. The standard InChI is InChI=1S/C12H7F4N3/c1-7-4-11(12(14,15)16)18-19(7)9-3-2-8(6-17)10(13)5-9/h2-5H,1H3. The van der Waals surface area contributed by atoms with E-state index in [0.717, 1.165) is 16.8 Å². The minimum Gasteiger partial charge on any atom is -0.237 e. The average molecular weight is 269 g/mol. The number of benzene rings is 1. The van der Waals surface area contributed by atoms with E-state index in [2.05, 4.69) is 5.10 Å². The van der Waals surface area contributed by atoms with E-state index in [0.29, 0.717) is 0 Å². The van der Waals surface area contributed by atoms with E-state index in [-0.39, 0.29) is 16.9 Å². The Morgan fingerprint density at radius 2 is 1.95 bits per heavy atom. The van der Waals surface area contributed by atoms with Crippen molar-refractivity contribution in [3.05, 3.63) is 47.0 Å². The molecular weight excluding hydrogens is 262 g/mol. The van der Waals surface area contributed by atoms with Crippen LogP contribution in [0.2, 0.25) is 0 Å². The van der Waals surface area contributed by atoms with E-state index < -0.39 is 17.7 Å². The van der Waals surface area contributed by atoms with Crippen molar-refractivity contribution < 1.29 is 17.6 Å². The first-order valence-corrected chi connectivity index (χ1v) is 5.17. The van der Waals surface area contributed by atoms with Gasteiger partial charge >= 0.3 is 6.18 Å². The predicted octanol–water partition coefficient (Wildman–Crippen LogP) is 3.21. The highest BCUT2D eigenvalue weighted by molar-refractivity contribution is 5.41. The lowest BCUT2D eigenvalue weighted by atomic mass is 10.2. The van der Waals surface area contributed by atoms with Gasteiger partial charge in [-0.1, -0.05) is 0 Å². The van der Waals surface area contributed by atoms with Gasteiger partial charge in [0.2, 0.25) is 0 Å². The van der Waals surface area contributed by atoms with Gasteiger partial charge in [0.15, 0.2) is 5.69 Å². The van der Waals surface area contributed by atoms with Crippen LogP contribution in [0.4, 0.5) is 17.6 Å². The molecule has 19 heavy (non-hydrogen) atoms. The van der Waals surface area contributed by atoms with Crippen molar-refractivity contribution in [2.24, 2.45) is 0 Å². The fourth-order valence-electron chi connectivity index (χ4n) is 1.60. The molecule has 0 aliphatic carbocycles. The molecule has 0 bridgehead atoms. The van der Waals surface area contributed by atoms with Crippen LogP contribution in [0, 0.1) is 24.1 Å². The molecule has 0 atom stereocenters. The summed E-state index contributed by atoms with van der Waals surface area (Å²) >= 11 is 0. The van der Waals surface area contributed by atoms with Crippen LogP contribution in [0.15, 0.2) is 24.3 Å². The van der Waals surface area contributed by atoms with Crippen molar-refractivity contribution in [2.75, 3.05) is 0 Å². The molecule has 0 unspecified atom stereocenters. The number of halogens is 4. The molecule has 0 N–H and O–H groups in total. The number of rotatable bonds is 1. The third-order valence-electron chi connectivity index (χ3n) is 2.50. The summed E-state index contributed by atoms with van der Waals surface area (Å²) in [5.41, 5.74) is -0.875. The molecular formula is C12H7F4N3. The molecule has 0 fully saturated rings. The van der Waals surface area contributed by atoms with Crippen LogP contribution in [0.5, 0.6) is 0 Å². The van der Waals surface area contributed by atoms with Gasteiger partial charge in [0.25, 0.3) is 0 Å². The van der Waals surface area contributed by atoms with Crippen LogP contribution in [0.1, 0.15) is 17.0 Å². The molecule has 0 spiro atoms. The summed E-state index contributed by atoms with van der Waals surface area (Å²) in [4.78, 5) is 0. The quantitative estimate of drug-likeness (QED) is 0.746. The highest BCUT2D eigenvalue weighted by atomic mass is 19.4. The first-order chi connectivity index (χ1) is 8.82. The van der Waals surface area contributed by atoms with E-state index in [1.165, 1.54) is 19.1 Å². The second kappa shape index (κ2) is 4.39. The Hall–Kier alpha value is -2.36. The van der Waals surface area contributed by atoms with Crippen molar-refractivity contribution in [3.8, 4) is 11.8 Å². The molecule has 98 valence electrons. The highest BCUT2D eigenvalue weighted by Gasteiger charge is 2.34. The van der Waals surface area contributed by atoms with Crippen LogP contribution in [-0.2, 0) is 6.18 Å². The summed E-state index contributed by atoms with van der Waals surface area (Å²) in [6, 6.07) is 6.00. The number of aromatic nitrogens is 2. The Morgan fingerprint density at radius 3 is 2.42 bits per heavy atom. The highest BCUT2D eigenvalue weighted by Crippen LogP contribution is 2.29. The zero-order chi connectivity index (χ0) is 14.2. The summed E-state index contributed by atoms with van der Waals surface area (Å²) in [5, 5.41) is 12.0. The molecule has 0 radical (unpaired) electrons. The first-order valence-electron chi connectivity index (χ1n) is 5.17. The van der Waals surface area contributed by atoms with Crippen LogP contribution >= 0.6 is 0 Å². The monoisotopic (exact) mass is 269 g/mol.